The average molecular weight is 196 g/mol. The largest absolute Gasteiger partial charge is 0.405 e. The third-order valence-corrected chi connectivity index (χ3v) is 5.55. The van der Waals surface area contributed by atoms with Gasteiger partial charge in [0.1, 0.15) is 0 Å². The van der Waals surface area contributed by atoms with Crippen LogP contribution in [-0.4, -0.2) is 20.7 Å². The first-order valence-electron chi connectivity index (χ1n) is 3.86. The van der Waals surface area contributed by atoms with Crippen LogP contribution in [0.25, 0.3) is 0 Å². The highest BCUT2D eigenvalue weighted by molar-refractivity contribution is 6.80. The van der Waals surface area contributed by atoms with E-state index in [2.05, 4.69) is 6.58 Å². The molecule has 1 unspecified atom stereocenters. The lowest BCUT2D eigenvalue weighted by atomic mass is 10.4. The van der Waals surface area contributed by atoms with Gasteiger partial charge in [-0.25, -0.2) is 0 Å². The lowest BCUT2D eigenvalue weighted by Gasteiger charge is -2.33. The third-order valence-electron chi connectivity index (χ3n) is 2.11. The highest BCUT2D eigenvalue weighted by atomic mass is 28.4. The van der Waals surface area contributed by atoms with Crippen molar-refractivity contribution < 1.29 is 17.6 Å². The number of rotatable bonds is 1. The van der Waals surface area contributed by atoms with Crippen molar-refractivity contribution in [2.45, 2.75) is 24.7 Å². The van der Waals surface area contributed by atoms with Crippen LogP contribution in [0, 0.1) is 0 Å². The Balaban J connectivity index is 2.80. The monoisotopic (exact) mass is 196 g/mol. The van der Waals surface area contributed by atoms with Crippen molar-refractivity contribution in [3.8, 4) is 0 Å². The van der Waals surface area contributed by atoms with Gasteiger partial charge in [0.25, 0.3) is 0 Å². The zero-order valence-electron chi connectivity index (χ0n) is 6.66. The molecule has 1 heterocycles. The number of alkyl halides is 3. The van der Waals surface area contributed by atoms with Crippen molar-refractivity contribution in [3.63, 3.8) is 0 Å². The summed E-state index contributed by atoms with van der Waals surface area (Å²) >= 11 is 0. The van der Waals surface area contributed by atoms with Crippen LogP contribution in [-0.2, 0) is 4.43 Å². The summed E-state index contributed by atoms with van der Waals surface area (Å²) in [5.41, 5.74) is 1.01. The van der Waals surface area contributed by atoms with Crippen molar-refractivity contribution in [1.82, 2.24) is 0 Å². The Labute approximate surface area is 70.3 Å². The molecule has 1 aliphatic rings. The average Bonchev–Trinajstić information content (AvgIpc) is 2.04. The van der Waals surface area contributed by atoms with E-state index in [9.17, 15) is 13.2 Å². The van der Waals surface area contributed by atoms with Gasteiger partial charge < -0.3 is 4.43 Å². The minimum atomic E-state index is -4.19. The first-order valence-corrected chi connectivity index (χ1v) is 6.05. The van der Waals surface area contributed by atoms with Crippen molar-refractivity contribution in [1.29, 1.82) is 0 Å². The third kappa shape index (κ3) is 1.56. The Hall–Kier alpha value is -0.293. The van der Waals surface area contributed by atoms with Gasteiger partial charge in [0.05, 0.1) is 0 Å². The molecule has 0 amide bonds. The van der Waals surface area contributed by atoms with E-state index in [1.807, 2.05) is 0 Å². The first-order chi connectivity index (χ1) is 5.52. The Morgan fingerprint density at radius 3 is 2.25 bits per heavy atom. The van der Waals surface area contributed by atoms with E-state index < -0.39 is 14.1 Å². The highest BCUT2D eigenvalue weighted by Crippen LogP contribution is 2.37. The quantitative estimate of drug-likeness (QED) is 0.586. The van der Waals surface area contributed by atoms with Gasteiger partial charge in [-0.3, -0.25) is 0 Å². The maximum atomic E-state index is 12.5. The molecular formula is C7H11F3OSi. The molecule has 0 radical (unpaired) electrons. The summed E-state index contributed by atoms with van der Waals surface area (Å²) in [4.78, 5) is 0. The fraction of sp³-hybridized carbons (Fsp3) is 0.714. The summed E-state index contributed by atoms with van der Waals surface area (Å²) in [6.07, 6.45) is 1.34. The summed E-state index contributed by atoms with van der Waals surface area (Å²) in [5, 5.41) is 0. The van der Waals surface area contributed by atoms with E-state index in [1.54, 1.807) is 0 Å². The lowest BCUT2D eigenvalue weighted by Crippen LogP contribution is -2.53. The van der Waals surface area contributed by atoms with Gasteiger partial charge >= 0.3 is 14.1 Å². The van der Waals surface area contributed by atoms with Gasteiger partial charge in [0.15, 0.2) is 0 Å². The topological polar surface area (TPSA) is 9.23 Å². The molecule has 70 valence electrons. The smallest absolute Gasteiger partial charge is 0.393 e. The van der Waals surface area contributed by atoms with Crippen molar-refractivity contribution in [3.05, 3.63) is 12.3 Å². The summed E-state index contributed by atoms with van der Waals surface area (Å²) in [5.74, 6) is -4.19. The molecule has 1 fully saturated rings. The second-order valence-corrected chi connectivity index (χ2v) is 6.44. The van der Waals surface area contributed by atoms with Crippen LogP contribution in [0.15, 0.2) is 12.3 Å². The van der Waals surface area contributed by atoms with Gasteiger partial charge in [-0.15, -0.1) is 6.58 Å². The zero-order valence-corrected chi connectivity index (χ0v) is 7.66. The molecule has 1 aliphatic heterocycles. The second kappa shape index (κ2) is 3.22. The zero-order chi connectivity index (χ0) is 9.24. The molecule has 0 aliphatic carbocycles. The summed E-state index contributed by atoms with van der Waals surface area (Å²) in [6, 6.07) is 0.139. The predicted molar refractivity (Wildman–Crippen MR) is 42.0 cm³/mol. The molecule has 0 spiro atoms. The molecule has 0 aromatic rings. The molecule has 12 heavy (non-hydrogen) atoms. The molecule has 1 rings (SSSR count). The van der Waals surface area contributed by atoms with Crippen LogP contribution < -0.4 is 0 Å². The molecule has 1 nitrogen and oxygen atoms in total. The van der Waals surface area contributed by atoms with Crippen LogP contribution in [0.1, 0.15) is 12.8 Å². The standard InChI is InChI=1S/C7H11F3OSi/c1-2-12(7(8,9)10)6-4-3-5-11-12/h2H,1,3-6H2. The molecule has 0 saturated carbocycles. The van der Waals surface area contributed by atoms with E-state index in [0.29, 0.717) is 6.42 Å². The normalized spacial score (nSPS) is 31.6. The van der Waals surface area contributed by atoms with Crippen LogP contribution >= 0.6 is 0 Å². The van der Waals surface area contributed by atoms with E-state index in [0.717, 1.165) is 12.1 Å². The van der Waals surface area contributed by atoms with Gasteiger partial charge in [0.2, 0.25) is 0 Å². The van der Waals surface area contributed by atoms with Gasteiger partial charge in [-0.2, -0.15) is 13.2 Å². The summed E-state index contributed by atoms with van der Waals surface area (Å²) in [6.45, 7) is 3.47. The van der Waals surface area contributed by atoms with E-state index in [1.165, 1.54) is 0 Å². The molecule has 5 heteroatoms. The maximum absolute atomic E-state index is 12.5. The highest BCUT2D eigenvalue weighted by Gasteiger charge is 2.58. The minimum absolute atomic E-state index is 0.139. The maximum Gasteiger partial charge on any atom is 0.393 e. The summed E-state index contributed by atoms with van der Waals surface area (Å²) < 4.78 is 42.3. The van der Waals surface area contributed by atoms with E-state index >= 15 is 0 Å². The van der Waals surface area contributed by atoms with Crippen LogP contribution in [0.2, 0.25) is 6.04 Å². The van der Waals surface area contributed by atoms with E-state index in [-0.39, 0.29) is 12.7 Å². The van der Waals surface area contributed by atoms with Crippen molar-refractivity contribution in [2.75, 3.05) is 6.61 Å². The number of hydrogen-bond donors (Lipinski definition) is 0. The number of hydrogen-bond acceptors (Lipinski definition) is 1. The van der Waals surface area contributed by atoms with Crippen LogP contribution in [0.5, 0.6) is 0 Å². The molecule has 1 saturated heterocycles. The molecule has 0 aromatic heterocycles. The predicted octanol–water partition coefficient (Wildman–Crippen LogP) is 2.57. The Morgan fingerprint density at radius 2 is 2.00 bits per heavy atom. The molecule has 0 bridgehead atoms. The van der Waals surface area contributed by atoms with Crippen molar-refractivity contribution >= 4 is 8.32 Å². The molecular weight excluding hydrogens is 185 g/mol. The van der Waals surface area contributed by atoms with Crippen LogP contribution in [0.4, 0.5) is 13.2 Å². The fourth-order valence-corrected chi connectivity index (χ4v) is 3.75. The molecule has 0 N–H and O–H groups in total. The Bertz CT molecular complexity index is 172. The minimum Gasteiger partial charge on any atom is -0.405 e. The van der Waals surface area contributed by atoms with Gasteiger partial charge in [-0.1, -0.05) is 12.1 Å². The van der Waals surface area contributed by atoms with Crippen LogP contribution in [0.3, 0.4) is 0 Å². The summed E-state index contributed by atoms with van der Waals surface area (Å²) in [7, 11) is -3.59. The van der Waals surface area contributed by atoms with Gasteiger partial charge in [0, 0.05) is 6.61 Å². The SMILES string of the molecule is C=C[Si]1(C(F)(F)F)CCCCO1. The lowest BCUT2D eigenvalue weighted by molar-refractivity contribution is -0.0747. The number of halogens is 3. The fourth-order valence-electron chi connectivity index (χ4n) is 1.32. The molecule has 0 aromatic carbocycles. The van der Waals surface area contributed by atoms with E-state index in [4.69, 9.17) is 4.43 Å². The first kappa shape index (κ1) is 9.79. The second-order valence-electron chi connectivity index (χ2n) is 2.90. The molecule has 1 atom stereocenters. The van der Waals surface area contributed by atoms with Crippen molar-refractivity contribution in [2.24, 2.45) is 0 Å². The van der Waals surface area contributed by atoms with Gasteiger partial charge in [-0.05, 0) is 12.5 Å². The Kier molecular flexibility index (Phi) is 2.63. The Morgan fingerprint density at radius 1 is 1.33 bits per heavy atom.